The van der Waals surface area contributed by atoms with Crippen molar-refractivity contribution in [3.63, 3.8) is 0 Å². The summed E-state index contributed by atoms with van der Waals surface area (Å²) in [6.45, 7) is 1.89. The number of nitrogens with two attached hydrogens (primary N) is 1. The predicted molar refractivity (Wildman–Crippen MR) is 75.2 cm³/mol. The van der Waals surface area contributed by atoms with Gasteiger partial charge in [0.2, 0.25) is 0 Å². The fourth-order valence-corrected chi connectivity index (χ4v) is 1.94. The number of ether oxygens (including phenoxy) is 2. The summed E-state index contributed by atoms with van der Waals surface area (Å²) in [7, 11) is 0. The molecule has 0 spiro atoms. The SMILES string of the molecule is NC(=S)c1ccc(OCC(=O)N2CCOCC2)c(F)c1. The van der Waals surface area contributed by atoms with Crippen LogP contribution in [0.25, 0.3) is 0 Å². The Labute approximate surface area is 121 Å². The van der Waals surface area contributed by atoms with E-state index in [4.69, 9.17) is 27.4 Å². The molecule has 0 atom stereocenters. The number of amides is 1. The lowest BCUT2D eigenvalue weighted by molar-refractivity contribution is -0.137. The first-order valence-corrected chi connectivity index (χ1v) is 6.56. The van der Waals surface area contributed by atoms with Gasteiger partial charge in [0.15, 0.2) is 18.2 Å². The number of morpholine rings is 1. The molecular weight excluding hydrogens is 283 g/mol. The van der Waals surface area contributed by atoms with Crippen LogP contribution in [-0.4, -0.2) is 48.7 Å². The number of benzene rings is 1. The minimum atomic E-state index is -0.593. The zero-order chi connectivity index (χ0) is 14.5. The summed E-state index contributed by atoms with van der Waals surface area (Å²) in [6.07, 6.45) is 0. The second-order valence-electron chi connectivity index (χ2n) is 4.29. The molecule has 5 nitrogen and oxygen atoms in total. The topological polar surface area (TPSA) is 64.8 Å². The third-order valence-electron chi connectivity index (χ3n) is 2.93. The van der Waals surface area contributed by atoms with Gasteiger partial charge in [-0.3, -0.25) is 4.79 Å². The minimum absolute atomic E-state index is 0.00612. The van der Waals surface area contributed by atoms with E-state index in [2.05, 4.69) is 0 Å². The molecule has 7 heteroatoms. The van der Waals surface area contributed by atoms with Crippen LogP contribution in [0.15, 0.2) is 18.2 Å². The van der Waals surface area contributed by atoms with Crippen molar-refractivity contribution < 1.29 is 18.7 Å². The van der Waals surface area contributed by atoms with Gasteiger partial charge in [0.1, 0.15) is 4.99 Å². The Morgan fingerprint density at radius 2 is 2.15 bits per heavy atom. The molecule has 108 valence electrons. The zero-order valence-electron chi connectivity index (χ0n) is 10.8. The summed E-state index contributed by atoms with van der Waals surface area (Å²) < 4.78 is 24.1. The average molecular weight is 298 g/mol. The maximum absolute atomic E-state index is 13.7. The van der Waals surface area contributed by atoms with Crippen molar-refractivity contribution in [2.75, 3.05) is 32.9 Å². The normalized spacial score (nSPS) is 14.9. The molecule has 0 saturated carbocycles. The number of hydrogen-bond donors (Lipinski definition) is 1. The van der Waals surface area contributed by atoms with E-state index in [1.54, 1.807) is 11.0 Å². The predicted octanol–water partition coefficient (Wildman–Crippen LogP) is 0.697. The fourth-order valence-electron chi connectivity index (χ4n) is 1.81. The summed E-state index contributed by atoms with van der Waals surface area (Å²) in [5, 5.41) is 0. The van der Waals surface area contributed by atoms with Crippen molar-refractivity contribution in [1.29, 1.82) is 0 Å². The van der Waals surface area contributed by atoms with E-state index < -0.39 is 5.82 Å². The first-order valence-electron chi connectivity index (χ1n) is 6.15. The summed E-state index contributed by atoms with van der Waals surface area (Å²) in [6, 6.07) is 4.16. The molecule has 20 heavy (non-hydrogen) atoms. The number of carbonyl (C=O) groups excluding carboxylic acids is 1. The third-order valence-corrected chi connectivity index (χ3v) is 3.17. The van der Waals surface area contributed by atoms with Gasteiger partial charge in [0.25, 0.3) is 5.91 Å². The number of halogens is 1. The van der Waals surface area contributed by atoms with E-state index in [-0.39, 0.29) is 23.3 Å². The molecule has 1 fully saturated rings. The Bertz CT molecular complexity index is 518. The summed E-state index contributed by atoms with van der Waals surface area (Å²) in [4.78, 5) is 13.6. The molecule has 1 aliphatic rings. The van der Waals surface area contributed by atoms with Crippen LogP contribution in [0, 0.1) is 5.82 Å². The molecule has 0 radical (unpaired) electrons. The molecule has 1 aromatic rings. The Kier molecular flexibility index (Phi) is 4.86. The van der Waals surface area contributed by atoms with Crippen LogP contribution in [0.2, 0.25) is 0 Å². The van der Waals surface area contributed by atoms with Gasteiger partial charge in [-0.05, 0) is 18.2 Å². The zero-order valence-corrected chi connectivity index (χ0v) is 11.6. The summed E-state index contributed by atoms with van der Waals surface area (Å²) in [5.74, 6) is -0.775. The molecular formula is C13H15FN2O3S. The molecule has 0 aromatic heterocycles. The highest BCUT2D eigenvalue weighted by molar-refractivity contribution is 7.80. The molecule has 1 saturated heterocycles. The largest absolute Gasteiger partial charge is 0.481 e. The lowest BCUT2D eigenvalue weighted by atomic mass is 10.2. The number of thiocarbonyl (C=S) groups is 1. The smallest absolute Gasteiger partial charge is 0.260 e. The Balaban J connectivity index is 1.93. The highest BCUT2D eigenvalue weighted by Crippen LogP contribution is 2.18. The lowest BCUT2D eigenvalue weighted by Gasteiger charge is -2.26. The van der Waals surface area contributed by atoms with Crippen LogP contribution in [0.3, 0.4) is 0 Å². The standard InChI is InChI=1S/C13H15FN2O3S/c14-10-7-9(13(15)20)1-2-11(10)19-8-12(17)16-3-5-18-6-4-16/h1-2,7H,3-6,8H2,(H2,15,20). The second-order valence-corrected chi connectivity index (χ2v) is 4.73. The van der Waals surface area contributed by atoms with E-state index in [1.165, 1.54) is 12.1 Å². The number of hydrogen-bond acceptors (Lipinski definition) is 4. The van der Waals surface area contributed by atoms with Crippen LogP contribution in [0.5, 0.6) is 5.75 Å². The van der Waals surface area contributed by atoms with Crippen LogP contribution in [-0.2, 0) is 9.53 Å². The third kappa shape index (κ3) is 3.64. The van der Waals surface area contributed by atoms with Crippen LogP contribution in [0.4, 0.5) is 4.39 Å². The monoisotopic (exact) mass is 298 g/mol. The van der Waals surface area contributed by atoms with Gasteiger partial charge >= 0.3 is 0 Å². The van der Waals surface area contributed by atoms with Crippen molar-refractivity contribution >= 4 is 23.1 Å². The first-order chi connectivity index (χ1) is 9.58. The molecule has 1 aromatic carbocycles. The van der Waals surface area contributed by atoms with Crippen molar-refractivity contribution in [2.24, 2.45) is 5.73 Å². The van der Waals surface area contributed by atoms with Gasteiger partial charge in [0, 0.05) is 18.7 Å². The van der Waals surface area contributed by atoms with Gasteiger partial charge in [0.05, 0.1) is 13.2 Å². The van der Waals surface area contributed by atoms with E-state index in [0.717, 1.165) is 0 Å². The average Bonchev–Trinajstić information content (AvgIpc) is 2.46. The number of carbonyl (C=O) groups is 1. The molecule has 1 heterocycles. The number of nitrogens with zero attached hydrogens (tertiary/aromatic N) is 1. The summed E-state index contributed by atoms with van der Waals surface area (Å²) in [5.41, 5.74) is 5.82. The van der Waals surface area contributed by atoms with Crippen LogP contribution >= 0.6 is 12.2 Å². The van der Waals surface area contributed by atoms with Gasteiger partial charge in [-0.1, -0.05) is 12.2 Å². The first kappa shape index (κ1) is 14.7. The van der Waals surface area contributed by atoms with E-state index in [1.807, 2.05) is 0 Å². The molecule has 1 aliphatic heterocycles. The highest BCUT2D eigenvalue weighted by atomic mass is 32.1. The lowest BCUT2D eigenvalue weighted by Crippen LogP contribution is -2.43. The minimum Gasteiger partial charge on any atom is -0.481 e. The second kappa shape index (κ2) is 6.62. The molecule has 0 unspecified atom stereocenters. The van der Waals surface area contributed by atoms with Gasteiger partial charge in [-0.15, -0.1) is 0 Å². The number of rotatable bonds is 4. The fraction of sp³-hybridized carbons (Fsp3) is 0.385. The molecule has 0 bridgehead atoms. The Hall–Kier alpha value is -1.73. The van der Waals surface area contributed by atoms with Crippen molar-refractivity contribution in [2.45, 2.75) is 0 Å². The van der Waals surface area contributed by atoms with Crippen molar-refractivity contribution in [3.8, 4) is 5.75 Å². The van der Waals surface area contributed by atoms with Gasteiger partial charge < -0.3 is 20.1 Å². The van der Waals surface area contributed by atoms with Crippen molar-refractivity contribution in [3.05, 3.63) is 29.6 Å². The van der Waals surface area contributed by atoms with Crippen molar-refractivity contribution in [1.82, 2.24) is 4.90 Å². The molecule has 2 rings (SSSR count). The van der Waals surface area contributed by atoms with E-state index in [9.17, 15) is 9.18 Å². The maximum atomic E-state index is 13.7. The highest BCUT2D eigenvalue weighted by Gasteiger charge is 2.17. The molecule has 2 N–H and O–H groups in total. The molecule has 0 aliphatic carbocycles. The van der Waals surface area contributed by atoms with E-state index in [0.29, 0.717) is 31.9 Å². The van der Waals surface area contributed by atoms with Crippen LogP contribution < -0.4 is 10.5 Å². The summed E-state index contributed by atoms with van der Waals surface area (Å²) >= 11 is 4.75. The quantitative estimate of drug-likeness (QED) is 0.829. The molecule has 1 amide bonds. The maximum Gasteiger partial charge on any atom is 0.260 e. The van der Waals surface area contributed by atoms with Crippen LogP contribution in [0.1, 0.15) is 5.56 Å². The van der Waals surface area contributed by atoms with Gasteiger partial charge in [-0.2, -0.15) is 0 Å². The Morgan fingerprint density at radius 1 is 1.45 bits per heavy atom. The van der Waals surface area contributed by atoms with Gasteiger partial charge in [-0.25, -0.2) is 4.39 Å². The van der Waals surface area contributed by atoms with E-state index >= 15 is 0 Å². The Morgan fingerprint density at radius 3 is 2.75 bits per heavy atom.